The Morgan fingerprint density at radius 1 is 1.00 bits per heavy atom. The van der Waals surface area contributed by atoms with E-state index in [1.165, 1.54) is 50.7 Å². The van der Waals surface area contributed by atoms with Crippen LogP contribution in [0.25, 0.3) is 0 Å². The van der Waals surface area contributed by atoms with Gasteiger partial charge < -0.3 is 9.80 Å². The number of carbonyl (C=O) groups is 1. The number of nitrogens with one attached hydrogen (secondary N) is 1. The van der Waals surface area contributed by atoms with Crippen LogP contribution in [-0.2, 0) is 0 Å². The highest BCUT2D eigenvalue weighted by atomic mass is 19.1. The average molecular weight is 305 g/mol. The SMILES string of the molecule is O=C(c1ccc(F)cc1)N1CC[NH+](C2CCCCCC2)CC1. The van der Waals surface area contributed by atoms with E-state index < -0.39 is 0 Å². The van der Waals surface area contributed by atoms with E-state index in [9.17, 15) is 9.18 Å². The molecule has 2 aliphatic rings. The molecule has 1 saturated carbocycles. The predicted octanol–water partition coefficient (Wildman–Crippen LogP) is 1.89. The Balaban J connectivity index is 1.54. The van der Waals surface area contributed by atoms with Crippen LogP contribution in [0, 0.1) is 5.82 Å². The number of piperazine rings is 1. The molecule has 0 aromatic heterocycles. The van der Waals surface area contributed by atoms with Gasteiger partial charge in [0.2, 0.25) is 0 Å². The Hall–Kier alpha value is -1.42. The van der Waals surface area contributed by atoms with Gasteiger partial charge in [0, 0.05) is 5.56 Å². The highest BCUT2D eigenvalue weighted by Gasteiger charge is 2.29. The summed E-state index contributed by atoms with van der Waals surface area (Å²) >= 11 is 0. The summed E-state index contributed by atoms with van der Waals surface area (Å²) in [6, 6.07) is 6.69. The molecule has 0 spiro atoms. The van der Waals surface area contributed by atoms with Crippen molar-refractivity contribution in [1.82, 2.24) is 4.90 Å². The fourth-order valence-corrected chi connectivity index (χ4v) is 3.87. The molecule has 120 valence electrons. The number of amides is 1. The largest absolute Gasteiger partial charge is 0.330 e. The normalized spacial score (nSPS) is 21.6. The lowest BCUT2D eigenvalue weighted by molar-refractivity contribution is -0.929. The molecule has 1 saturated heterocycles. The van der Waals surface area contributed by atoms with Gasteiger partial charge in [0.05, 0.1) is 32.2 Å². The predicted molar refractivity (Wildman–Crippen MR) is 84.5 cm³/mol. The van der Waals surface area contributed by atoms with Crippen LogP contribution in [0.5, 0.6) is 0 Å². The zero-order chi connectivity index (χ0) is 15.4. The smallest absolute Gasteiger partial charge is 0.254 e. The van der Waals surface area contributed by atoms with Crippen molar-refractivity contribution < 1.29 is 14.1 Å². The van der Waals surface area contributed by atoms with E-state index >= 15 is 0 Å². The molecule has 1 amide bonds. The number of quaternary nitrogens is 1. The number of rotatable bonds is 2. The van der Waals surface area contributed by atoms with Gasteiger partial charge in [0.1, 0.15) is 5.82 Å². The van der Waals surface area contributed by atoms with Crippen LogP contribution in [-0.4, -0.2) is 43.0 Å². The number of carbonyl (C=O) groups excluding carboxylic acids is 1. The van der Waals surface area contributed by atoms with Crippen LogP contribution in [0.1, 0.15) is 48.9 Å². The molecule has 1 aromatic rings. The Labute approximate surface area is 132 Å². The maximum atomic E-state index is 13.0. The molecule has 3 rings (SSSR count). The number of benzene rings is 1. The summed E-state index contributed by atoms with van der Waals surface area (Å²) < 4.78 is 13.0. The highest BCUT2D eigenvalue weighted by Crippen LogP contribution is 2.16. The molecule has 1 aliphatic heterocycles. The highest BCUT2D eigenvalue weighted by molar-refractivity contribution is 5.94. The third-order valence-electron chi connectivity index (χ3n) is 5.22. The molecule has 1 N–H and O–H groups in total. The van der Waals surface area contributed by atoms with Gasteiger partial charge in [-0.3, -0.25) is 4.79 Å². The molecule has 0 unspecified atom stereocenters. The van der Waals surface area contributed by atoms with Crippen molar-refractivity contribution in [2.75, 3.05) is 26.2 Å². The third kappa shape index (κ3) is 3.67. The van der Waals surface area contributed by atoms with Crippen molar-refractivity contribution in [2.24, 2.45) is 0 Å². The fourth-order valence-electron chi connectivity index (χ4n) is 3.87. The van der Waals surface area contributed by atoms with E-state index in [2.05, 4.69) is 0 Å². The van der Waals surface area contributed by atoms with Gasteiger partial charge in [0.25, 0.3) is 5.91 Å². The summed E-state index contributed by atoms with van der Waals surface area (Å²) in [6.45, 7) is 3.75. The Bertz CT molecular complexity index is 486. The summed E-state index contributed by atoms with van der Waals surface area (Å²) in [5.74, 6) is -0.251. The first-order chi connectivity index (χ1) is 10.7. The molecule has 1 aliphatic carbocycles. The Morgan fingerprint density at radius 2 is 1.59 bits per heavy atom. The van der Waals surface area contributed by atoms with E-state index in [1.807, 2.05) is 4.90 Å². The van der Waals surface area contributed by atoms with Crippen LogP contribution in [0.2, 0.25) is 0 Å². The van der Waals surface area contributed by atoms with Crippen molar-refractivity contribution in [1.29, 1.82) is 0 Å². The van der Waals surface area contributed by atoms with Crippen molar-refractivity contribution in [3.63, 3.8) is 0 Å². The lowest BCUT2D eigenvalue weighted by Crippen LogP contribution is -3.18. The number of nitrogens with zero attached hydrogens (tertiary/aromatic N) is 1. The quantitative estimate of drug-likeness (QED) is 0.829. The standard InChI is InChI=1S/C18H25FN2O/c19-16-9-7-15(8-10-16)18(22)21-13-11-20(12-14-21)17-5-3-1-2-4-6-17/h7-10,17H,1-6,11-14H2/p+1. The average Bonchev–Trinajstić information content (AvgIpc) is 2.84. The van der Waals surface area contributed by atoms with E-state index in [0.717, 1.165) is 32.2 Å². The van der Waals surface area contributed by atoms with Gasteiger partial charge >= 0.3 is 0 Å². The van der Waals surface area contributed by atoms with E-state index in [1.54, 1.807) is 17.0 Å². The van der Waals surface area contributed by atoms with Gasteiger partial charge in [-0.2, -0.15) is 0 Å². The second-order valence-electron chi connectivity index (χ2n) is 6.65. The molecular formula is C18H26FN2O+. The van der Waals surface area contributed by atoms with Crippen LogP contribution >= 0.6 is 0 Å². The number of halogens is 1. The Morgan fingerprint density at radius 3 is 2.18 bits per heavy atom. The van der Waals surface area contributed by atoms with Gasteiger partial charge in [-0.25, -0.2) is 4.39 Å². The van der Waals surface area contributed by atoms with Crippen LogP contribution in [0.15, 0.2) is 24.3 Å². The number of hydrogen-bond acceptors (Lipinski definition) is 1. The fraction of sp³-hybridized carbons (Fsp3) is 0.611. The summed E-state index contributed by atoms with van der Waals surface area (Å²) in [7, 11) is 0. The zero-order valence-corrected chi connectivity index (χ0v) is 13.2. The third-order valence-corrected chi connectivity index (χ3v) is 5.22. The molecule has 0 radical (unpaired) electrons. The van der Waals surface area contributed by atoms with Gasteiger partial charge in [-0.1, -0.05) is 12.8 Å². The molecule has 0 bridgehead atoms. The molecule has 22 heavy (non-hydrogen) atoms. The topological polar surface area (TPSA) is 24.8 Å². The van der Waals surface area contributed by atoms with Crippen molar-refractivity contribution >= 4 is 5.91 Å². The van der Waals surface area contributed by atoms with Gasteiger partial charge in [-0.15, -0.1) is 0 Å². The number of hydrogen-bond donors (Lipinski definition) is 1. The molecule has 0 atom stereocenters. The minimum absolute atomic E-state index is 0.0416. The van der Waals surface area contributed by atoms with Crippen LogP contribution in [0.3, 0.4) is 0 Å². The van der Waals surface area contributed by atoms with Crippen molar-refractivity contribution in [3.8, 4) is 0 Å². The van der Waals surface area contributed by atoms with E-state index in [4.69, 9.17) is 0 Å². The molecule has 2 fully saturated rings. The van der Waals surface area contributed by atoms with Crippen LogP contribution in [0.4, 0.5) is 4.39 Å². The van der Waals surface area contributed by atoms with Gasteiger partial charge in [-0.05, 0) is 49.9 Å². The maximum Gasteiger partial charge on any atom is 0.254 e. The molecule has 3 nitrogen and oxygen atoms in total. The first-order valence-electron chi connectivity index (χ1n) is 8.63. The second kappa shape index (κ2) is 7.23. The zero-order valence-electron chi connectivity index (χ0n) is 13.2. The van der Waals surface area contributed by atoms with Gasteiger partial charge in [0.15, 0.2) is 0 Å². The van der Waals surface area contributed by atoms with Crippen LogP contribution < -0.4 is 4.90 Å². The van der Waals surface area contributed by atoms with Crippen molar-refractivity contribution in [3.05, 3.63) is 35.6 Å². The lowest BCUT2D eigenvalue weighted by atomic mass is 10.1. The summed E-state index contributed by atoms with van der Waals surface area (Å²) in [6.07, 6.45) is 8.21. The summed E-state index contributed by atoms with van der Waals surface area (Å²) in [5, 5.41) is 0. The minimum Gasteiger partial charge on any atom is -0.330 e. The molecular weight excluding hydrogens is 279 g/mol. The first-order valence-corrected chi connectivity index (χ1v) is 8.63. The molecule has 1 aromatic carbocycles. The van der Waals surface area contributed by atoms with E-state index in [0.29, 0.717) is 5.56 Å². The monoisotopic (exact) mass is 305 g/mol. The molecule has 4 heteroatoms. The molecule has 1 heterocycles. The van der Waals surface area contributed by atoms with Crippen molar-refractivity contribution in [2.45, 2.75) is 44.6 Å². The lowest BCUT2D eigenvalue weighted by Gasteiger charge is -2.36. The summed E-state index contributed by atoms with van der Waals surface area (Å²) in [5.41, 5.74) is 0.597. The Kier molecular flexibility index (Phi) is 5.08. The first kappa shape index (κ1) is 15.5. The minimum atomic E-state index is -0.292. The summed E-state index contributed by atoms with van der Waals surface area (Å²) in [4.78, 5) is 16.1. The van der Waals surface area contributed by atoms with E-state index in [-0.39, 0.29) is 11.7 Å². The second-order valence-corrected chi connectivity index (χ2v) is 6.65. The maximum absolute atomic E-state index is 13.0.